The lowest BCUT2D eigenvalue weighted by atomic mass is 10.1. The van der Waals surface area contributed by atoms with Gasteiger partial charge in [-0.1, -0.05) is 52.1 Å². The Bertz CT molecular complexity index is 1230. The number of amides is 2. The highest BCUT2D eigenvalue weighted by Gasteiger charge is 2.33. The van der Waals surface area contributed by atoms with Crippen molar-refractivity contribution in [3.8, 4) is 0 Å². The zero-order chi connectivity index (χ0) is 27.4. The van der Waals surface area contributed by atoms with Gasteiger partial charge < -0.3 is 10.2 Å². The maximum absolute atomic E-state index is 13.7. The number of aryl methyl sites for hydroxylation is 1. The molecular formula is C25H32BrCl2N3O4S. The molecule has 2 amide bonds. The zero-order valence-electron chi connectivity index (χ0n) is 21.2. The van der Waals surface area contributed by atoms with Gasteiger partial charge in [-0.05, 0) is 75.6 Å². The summed E-state index contributed by atoms with van der Waals surface area (Å²) in [6, 6.07) is 9.07. The number of carbonyl (C=O) groups is 2. The predicted octanol–water partition coefficient (Wildman–Crippen LogP) is 5.55. The standard InChI is InChI=1S/C25H32BrCl2N3O4S/c1-7-22(24(33)29-25(3,4)5)30(14-17-8-9-18(27)13-21(17)28)23(32)15-31(36(6,34)35)19-10-11-20(26)16(2)12-19/h8-13,22H,7,14-15H2,1-6H3,(H,29,33)/t22-/m0/s1. The number of hydrogen-bond acceptors (Lipinski definition) is 4. The van der Waals surface area contributed by atoms with Crippen LogP contribution in [0.15, 0.2) is 40.9 Å². The molecule has 0 aromatic heterocycles. The van der Waals surface area contributed by atoms with Crippen molar-refractivity contribution in [2.75, 3.05) is 17.1 Å². The number of hydrogen-bond donors (Lipinski definition) is 1. The molecule has 0 radical (unpaired) electrons. The monoisotopic (exact) mass is 619 g/mol. The Kier molecular flexibility index (Phi) is 10.3. The molecule has 11 heteroatoms. The minimum absolute atomic E-state index is 0.00186. The first-order valence-electron chi connectivity index (χ1n) is 11.3. The molecule has 2 rings (SSSR count). The van der Waals surface area contributed by atoms with Crippen LogP contribution < -0.4 is 9.62 Å². The number of rotatable bonds is 9. The first kappa shape index (κ1) is 30.4. The van der Waals surface area contributed by atoms with Crippen LogP contribution in [0, 0.1) is 6.92 Å². The number of carbonyl (C=O) groups excluding carboxylic acids is 2. The van der Waals surface area contributed by atoms with Crippen molar-refractivity contribution in [3.63, 3.8) is 0 Å². The van der Waals surface area contributed by atoms with Crippen LogP contribution in [0.25, 0.3) is 0 Å². The molecule has 0 spiro atoms. The fraction of sp³-hybridized carbons (Fsp3) is 0.440. The van der Waals surface area contributed by atoms with Gasteiger partial charge in [-0.2, -0.15) is 0 Å². The molecule has 0 heterocycles. The van der Waals surface area contributed by atoms with Gasteiger partial charge in [0.25, 0.3) is 0 Å². The zero-order valence-corrected chi connectivity index (χ0v) is 25.1. The van der Waals surface area contributed by atoms with Crippen molar-refractivity contribution in [1.29, 1.82) is 0 Å². The molecule has 2 aromatic carbocycles. The van der Waals surface area contributed by atoms with Gasteiger partial charge >= 0.3 is 0 Å². The molecule has 1 N–H and O–H groups in total. The summed E-state index contributed by atoms with van der Waals surface area (Å²) >= 11 is 15.8. The predicted molar refractivity (Wildman–Crippen MR) is 150 cm³/mol. The van der Waals surface area contributed by atoms with E-state index in [9.17, 15) is 18.0 Å². The third-order valence-corrected chi connectivity index (χ3v) is 7.97. The molecule has 0 unspecified atom stereocenters. The maximum atomic E-state index is 13.7. The maximum Gasteiger partial charge on any atom is 0.244 e. The van der Waals surface area contributed by atoms with E-state index in [4.69, 9.17) is 23.2 Å². The summed E-state index contributed by atoms with van der Waals surface area (Å²) in [7, 11) is -3.82. The van der Waals surface area contributed by atoms with Crippen molar-refractivity contribution in [2.45, 2.75) is 59.2 Å². The van der Waals surface area contributed by atoms with Crippen LogP contribution in [0.3, 0.4) is 0 Å². The fourth-order valence-electron chi connectivity index (χ4n) is 3.60. The number of nitrogens with zero attached hydrogens (tertiary/aromatic N) is 2. The van der Waals surface area contributed by atoms with E-state index in [2.05, 4.69) is 21.2 Å². The Hall–Kier alpha value is -1.81. The van der Waals surface area contributed by atoms with Gasteiger partial charge in [0.1, 0.15) is 12.6 Å². The Labute approximate surface area is 232 Å². The third kappa shape index (κ3) is 8.36. The van der Waals surface area contributed by atoms with E-state index < -0.39 is 34.1 Å². The number of anilines is 1. The van der Waals surface area contributed by atoms with E-state index in [1.54, 1.807) is 43.3 Å². The van der Waals surface area contributed by atoms with E-state index in [0.717, 1.165) is 20.6 Å². The molecule has 7 nitrogen and oxygen atoms in total. The summed E-state index contributed by atoms with van der Waals surface area (Å²) < 4.78 is 27.3. The third-order valence-electron chi connectivity index (χ3n) is 5.35. The van der Waals surface area contributed by atoms with Crippen molar-refractivity contribution in [3.05, 3.63) is 62.0 Å². The van der Waals surface area contributed by atoms with Gasteiger partial charge in [-0.15, -0.1) is 0 Å². The first-order valence-corrected chi connectivity index (χ1v) is 14.7. The van der Waals surface area contributed by atoms with Crippen molar-refractivity contribution < 1.29 is 18.0 Å². The van der Waals surface area contributed by atoms with Gasteiger partial charge in [-0.25, -0.2) is 8.42 Å². The van der Waals surface area contributed by atoms with Crippen LogP contribution in [0.1, 0.15) is 45.2 Å². The molecule has 2 aromatic rings. The van der Waals surface area contributed by atoms with Crippen LogP contribution in [-0.4, -0.2) is 49.5 Å². The van der Waals surface area contributed by atoms with E-state index in [1.807, 2.05) is 27.7 Å². The summed E-state index contributed by atoms with van der Waals surface area (Å²) in [5.74, 6) is -0.878. The summed E-state index contributed by atoms with van der Waals surface area (Å²) in [6.07, 6.45) is 1.36. The topological polar surface area (TPSA) is 86.8 Å². The lowest BCUT2D eigenvalue weighted by molar-refractivity contribution is -0.141. The average Bonchev–Trinajstić information content (AvgIpc) is 2.73. The molecule has 36 heavy (non-hydrogen) atoms. The van der Waals surface area contributed by atoms with Crippen molar-refractivity contribution in [1.82, 2.24) is 10.2 Å². The smallest absolute Gasteiger partial charge is 0.244 e. The Balaban J connectivity index is 2.52. The minimum atomic E-state index is -3.82. The lowest BCUT2D eigenvalue weighted by Gasteiger charge is -2.34. The second kappa shape index (κ2) is 12.2. The minimum Gasteiger partial charge on any atom is -0.350 e. The highest BCUT2D eigenvalue weighted by Crippen LogP contribution is 2.27. The van der Waals surface area contributed by atoms with Gasteiger partial charge in [0.05, 0.1) is 11.9 Å². The average molecular weight is 621 g/mol. The van der Waals surface area contributed by atoms with Crippen LogP contribution in [0.2, 0.25) is 10.0 Å². The van der Waals surface area contributed by atoms with Crippen LogP contribution >= 0.6 is 39.1 Å². The lowest BCUT2D eigenvalue weighted by Crippen LogP contribution is -2.55. The number of sulfonamides is 1. The summed E-state index contributed by atoms with van der Waals surface area (Å²) in [5, 5.41) is 3.70. The van der Waals surface area contributed by atoms with Gasteiger partial charge in [0.15, 0.2) is 0 Å². The van der Waals surface area contributed by atoms with E-state index >= 15 is 0 Å². The SMILES string of the molecule is CC[C@@H](C(=O)NC(C)(C)C)N(Cc1ccc(Cl)cc1Cl)C(=O)CN(c1ccc(Br)c(C)c1)S(C)(=O)=O. The van der Waals surface area contributed by atoms with E-state index in [-0.39, 0.29) is 12.5 Å². The molecule has 0 saturated heterocycles. The normalized spacial score (nSPS) is 12.7. The molecule has 198 valence electrons. The molecule has 0 aliphatic heterocycles. The fourth-order valence-corrected chi connectivity index (χ4v) is 5.16. The molecule has 0 aliphatic rings. The molecule has 0 bridgehead atoms. The Morgan fingerprint density at radius 1 is 1.11 bits per heavy atom. The van der Waals surface area contributed by atoms with Gasteiger partial charge in [0, 0.05) is 26.6 Å². The molecule has 0 fully saturated rings. The van der Waals surface area contributed by atoms with Crippen molar-refractivity contribution >= 4 is 66.7 Å². The highest BCUT2D eigenvalue weighted by molar-refractivity contribution is 9.10. The largest absolute Gasteiger partial charge is 0.350 e. The highest BCUT2D eigenvalue weighted by atomic mass is 79.9. The van der Waals surface area contributed by atoms with Crippen molar-refractivity contribution in [2.24, 2.45) is 0 Å². The van der Waals surface area contributed by atoms with Crippen LogP contribution in [0.4, 0.5) is 5.69 Å². The quantitative estimate of drug-likeness (QED) is 0.398. The molecular weight excluding hydrogens is 589 g/mol. The van der Waals surface area contributed by atoms with E-state index in [0.29, 0.717) is 27.7 Å². The Morgan fingerprint density at radius 2 is 1.75 bits per heavy atom. The van der Waals surface area contributed by atoms with Crippen LogP contribution in [-0.2, 0) is 26.2 Å². The number of benzene rings is 2. The molecule has 0 aliphatic carbocycles. The Morgan fingerprint density at radius 3 is 2.25 bits per heavy atom. The summed E-state index contributed by atoms with van der Waals surface area (Å²) in [4.78, 5) is 28.3. The first-order chi connectivity index (χ1) is 16.5. The summed E-state index contributed by atoms with van der Waals surface area (Å²) in [5.41, 5.74) is 1.23. The van der Waals surface area contributed by atoms with Crippen LogP contribution in [0.5, 0.6) is 0 Å². The van der Waals surface area contributed by atoms with Gasteiger partial charge in [-0.3, -0.25) is 13.9 Å². The second-order valence-corrected chi connectivity index (χ2v) is 13.2. The second-order valence-electron chi connectivity index (χ2n) is 9.62. The number of nitrogens with one attached hydrogen (secondary N) is 1. The molecule has 0 saturated carbocycles. The van der Waals surface area contributed by atoms with E-state index in [1.165, 1.54) is 4.90 Å². The number of halogens is 3. The molecule has 1 atom stereocenters. The van der Waals surface area contributed by atoms with Gasteiger partial charge in [0.2, 0.25) is 21.8 Å². The summed E-state index contributed by atoms with van der Waals surface area (Å²) in [6.45, 7) is 8.69.